The Bertz CT molecular complexity index is 1050. The molecule has 0 aliphatic carbocycles. The van der Waals surface area contributed by atoms with Gasteiger partial charge in [-0.2, -0.15) is 0 Å². The predicted molar refractivity (Wildman–Crippen MR) is 121 cm³/mol. The zero-order valence-corrected chi connectivity index (χ0v) is 18.8. The lowest BCUT2D eigenvalue weighted by Gasteiger charge is -2.34. The fourth-order valence-electron chi connectivity index (χ4n) is 3.69. The molecular weight excluding hydrogens is 412 g/mol. The third-order valence-corrected chi connectivity index (χ3v) is 6.60. The van der Waals surface area contributed by atoms with Crippen LogP contribution in [0.25, 0.3) is 10.6 Å². The Morgan fingerprint density at radius 1 is 1.10 bits per heavy atom. The molecule has 162 valence electrons. The van der Waals surface area contributed by atoms with E-state index in [2.05, 4.69) is 20.9 Å². The van der Waals surface area contributed by atoms with Crippen molar-refractivity contribution in [2.24, 2.45) is 0 Å². The number of methoxy groups -OCH3 is 2. The smallest absolute Gasteiger partial charge is 0.265 e. The summed E-state index contributed by atoms with van der Waals surface area (Å²) in [6.07, 6.45) is 3.68. The van der Waals surface area contributed by atoms with Crippen molar-refractivity contribution in [2.75, 3.05) is 40.4 Å². The van der Waals surface area contributed by atoms with Crippen LogP contribution in [0.15, 0.2) is 42.7 Å². The van der Waals surface area contributed by atoms with Crippen molar-refractivity contribution in [2.45, 2.75) is 13.5 Å². The highest BCUT2D eigenvalue weighted by Crippen LogP contribution is 2.35. The van der Waals surface area contributed by atoms with Gasteiger partial charge >= 0.3 is 0 Å². The molecule has 1 fully saturated rings. The molecule has 31 heavy (non-hydrogen) atoms. The SMILES string of the molecule is COc1ccc(-c2nc(C)c(C(=O)N3CCN(Cc4cccnc4)CC3)s2)cc1OC. The van der Waals surface area contributed by atoms with E-state index in [0.717, 1.165) is 35.9 Å². The van der Waals surface area contributed by atoms with Gasteiger partial charge in [-0.3, -0.25) is 14.7 Å². The van der Waals surface area contributed by atoms with E-state index in [0.29, 0.717) is 29.5 Å². The van der Waals surface area contributed by atoms with E-state index >= 15 is 0 Å². The summed E-state index contributed by atoms with van der Waals surface area (Å²) >= 11 is 1.43. The summed E-state index contributed by atoms with van der Waals surface area (Å²) in [7, 11) is 3.22. The first-order valence-corrected chi connectivity index (χ1v) is 11.0. The average molecular weight is 439 g/mol. The summed E-state index contributed by atoms with van der Waals surface area (Å²) in [5, 5.41) is 0.803. The molecular formula is C23H26N4O3S. The molecule has 0 atom stereocenters. The van der Waals surface area contributed by atoms with Gasteiger partial charge in [-0.25, -0.2) is 4.98 Å². The van der Waals surface area contributed by atoms with Crippen LogP contribution in [0.5, 0.6) is 11.5 Å². The summed E-state index contributed by atoms with van der Waals surface area (Å²) < 4.78 is 10.7. The molecule has 3 aromatic rings. The maximum atomic E-state index is 13.2. The Hall–Kier alpha value is -2.97. The Balaban J connectivity index is 1.44. The minimum Gasteiger partial charge on any atom is -0.493 e. The van der Waals surface area contributed by atoms with E-state index in [4.69, 9.17) is 9.47 Å². The molecule has 7 nitrogen and oxygen atoms in total. The van der Waals surface area contributed by atoms with Crippen LogP contribution in [0, 0.1) is 6.92 Å². The largest absolute Gasteiger partial charge is 0.493 e. The van der Waals surface area contributed by atoms with Crippen LogP contribution in [0.3, 0.4) is 0 Å². The maximum absolute atomic E-state index is 13.2. The zero-order chi connectivity index (χ0) is 21.8. The third-order valence-electron chi connectivity index (χ3n) is 5.41. The minimum absolute atomic E-state index is 0.0581. The number of carbonyl (C=O) groups is 1. The van der Waals surface area contributed by atoms with Crippen LogP contribution in [0.1, 0.15) is 20.9 Å². The van der Waals surface area contributed by atoms with E-state index in [9.17, 15) is 4.79 Å². The standard InChI is InChI=1S/C23H26N4O3S/c1-16-21(31-22(25-16)18-6-7-19(29-2)20(13-18)30-3)23(28)27-11-9-26(10-12-27)15-17-5-4-8-24-14-17/h4-8,13-14H,9-12,15H2,1-3H3. The number of amides is 1. The lowest BCUT2D eigenvalue weighted by atomic mass is 10.2. The van der Waals surface area contributed by atoms with Gasteiger partial charge in [0.05, 0.1) is 19.9 Å². The maximum Gasteiger partial charge on any atom is 0.265 e. The number of piperazine rings is 1. The summed E-state index contributed by atoms with van der Waals surface area (Å²) in [5.74, 6) is 1.37. The zero-order valence-electron chi connectivity index (χ0n) is 18.0. The predicted octanol–water partition coefficient (Wildman–Crippen LogP) is 3.49. The first kappa shape index (κ1) is 21.3. The molecule has 0 N–H and O–H groups in total. The number of carbonyl (C=O) groups excluding carboxylic acids is 1. The molecule has 1 aliphatic heterocycles. The fourth-order valence-corrected chi connectivity index (χ4v) is 4.72. The van der Waals surface area contributed by atoms with Crippen LogP contribution < -0.4 is 9.47 Å². The van der Waals surface area contributed by atoms with Gasteiger partial charge in [0.1, 0.15) is 9.88 Å². The second kappa shape index (κ2) is 9.45. The summed E-state index contributed by atoms with van der Waals surface area (Å²) in [6, 6.07) is 9.72. The van der Waals surface area contributed by atoms with E-state index < -0.39 is 0 Å². The first-order valence-electron chi connectivity index (χ1n) is 10.2. The van der Waals surface area contributed by atoms with Gasteiger partial charge in [-0.15, -0.1) is 11.3 Å². The lowest BCUT2D eigenvalue weighted by Crippen LogP contribution is -2.48. The van der Waals surface area contributed by atoms with Crippen molar-refractivity contribution in [3.05, 3.63) is 58.9 Å². The second-order valence-electron chi connectivity index (χ2n) is 7.43. The number of aromatic nitrogens is 2. The summed E-state index contributed by atoms with van der Waals surface area (Å²) in [5.41, 5.74) is 2.86. The molecule has 3 heterocycles. The first-order chi connectivity index (χ1) is 15.1. The van der Waals surface area contributed by atoms with Gasteiger partial charge in [-0.1, -0.05) is 6.07 Å². The highest BCUT2D eigenvalue weighted by Gasteiger charge is 2.26. The second-order valence-corrected chi connectivity index (χ2v) is 8.43. The van der Waals surface area contributed by atoms with Crippen molar-refractivity contribution < 1.29 is 14.3 Å². The number of nitrogens with zero attached hydrogens (tertiary/aromatic N) is 4. The van der Waals surface area contributed by atoms with Gasteiger partial charge < -0.3 is 14.4 Å². The molecule has 1 amide bonds. The van der Waals surface area contributed by atoms with E-state index in [-0.39, 0.29) is 5.91 Å². The van der Waals surface area contributed by atoms with Crippen molar-refractivity contribution in [1.82, 2.24) is 19.8 Å². The Kier molecular flexibility index (Phi) is 6.48. The van der Waals surface area contributed by atoms with Gasteiger partial charge in [0.15, 0.2) is 11.5 Å². The Morgan fingerprint density at radius 3 is 2.55 bits per heavy atom. The molecule has 2 aromatic heterocycles. The Morgan fingerprint density at radius 2 is 1.87 bits per heavy atom. The van der Waals surface area contributed by atoms with E-state index in [1.165, 1.54) is 16.9 Å². The molecule has 0 spiro atoms. The highest BCUT2D eigenvalue weighted by molar-refractivity contribution is 7.17. The quantitative estimate of drug-likeness (QED) is 0.587. The molecule has 0 unspecified atom stereocenters. The van der Waals surface area contributed by atoms with Gasteiger partial charge in [-0.05, 0) is 36.8 Å². The molecule has 0 saturated carbocycles. The lowest BCUT2D eigenvalue weighted by molar-refractivity contribution is 0.0632. The number of benzene rings is 1. The minimum atomic E-state index is 0.0581. The van der Waals surface area contributed by atoms with Gasteiger partial charge in [0, 0.05) is 50.7 Å². The van der Waals surface area contributed by atoms with Crippen LogP contribution in [-0.2, 0) is 6.54 Å². The van der Waals surface area contributed by atoms with E-state index in [1.54, 1.807) is 20.4 Å². The van der Waals surface area contributed by atoms with Crippen molar-refractivity contribution >= 4 is 17.2 Å². The highest BCUT2D eigenvalue weighted by atomic mass is 32.1. The molecule has 4 rings (SSSR count). The van der Waals surface area contributed by atoms with Crippen LogP contribution in [0.2, 0.25) is 0 Å². The van der Waals surface area contributed by atoms with Crippen molar-refractivity contribution in [3.8, 4) is 22.1 Å². The third kappa shape index (κ3) is 4.70. The molecule has 0 bridgehead atoms. The summed E-state index contributed by atoms with van der Waals surface area (Å²) in [6.45, 7) is 5.87. The van der Waals surface area contributed by atoms with Crippen LogP contribution in [-0.4, -0.2) is 66.1 Å². The van der Waals surface area contributed by atoms with E-state index in [1.807, 2.05) is 42.3 Å². The molecule has 0 radical (unpaired) electrons. The number of pyridine rings is 1. The fraction of sp³-hybridized carbons (Fsp3) is 0.348. The number of hydrogen-bond donors (Lipinski definition) is 0. The monoisotopic (exact) mass is 438 g/mol. The van der Waals surface area contributed by atoms with Crippen molar-refractivity contribution in [1.29, 1.82) is 0 Å². The molecule has 8 heteroatoms. The van der Waals surface area contributed by atoms with Crippen LogP contribution in [0.4, 0.5) is 0 Å². The Labute approximate surface area is 186 Å². The topological polar surface area (TPSA) is 67.8 Å². The number of thiazole rings is 1. The van der Waals surface area contributed by atoms with Gasteiger partial charge in [0.2, 0.25) is 0 Å². The average Bonchev–Trinajstić information content (AvgIpc) is 3.21. The number of hydrogen-bond acceptors (Lipinski definition) is 7. The number of aryl methyl sites for hydroxylation is 1. The van der Waals surface area contributed by atoms with Crippen LogP contribution >= 0.6 is 11.3 Å². The molecule has 1 aromatic carbocycles. The van der Waals surface area contributed by atoms with Crippen molar-refractivity contribution in [3.63, 3.8) is 0 Å². The number of ether oxygens (including phenoxy) is 2. The number of rotatable bonds is 6. The van der Waals surface area contributed by atoms with Gasteiger partial charge in [0.25, 0.3) is 5.91 Å². The normalized spacial score (nSPS) is 14.5. The summed E-state index contributed by atoms with van der Waals surface area (Å²) in [4.78, 5) is 27.0. The molecule has 1 aliphatic rings. The molecule has 1 saturated heterocycles.